The molecular weight excluding hydrogens is 354 g/mol. The molecule has 0 aromatic heterocycles. The van der Waals surface area contributed by atoms with Gasteiger partial charge in [-0.3, -0.25) is 4.79 Å². The summed E-state index contributed by atoms with van der Waals surface area (Å²) >= 11 is 0. The number of nitrogens with one attached hydrogen (secondary N) is 2. The van der Waals surface area contributed by atoms with E-state index >= 15 is 0 Å². The molecule has 2 aromatic carbocycles. The minimum absolute atomic E-state index is 0.0746. The van der Waals surface area contributed by atoms with E-state index in [0.717, 1.165) is 22.7 Å². The molecule has 0 bridgehead atoms. The van der Waals surface area contributed by atoms with E-state index in [0.29, 0.717) is 26.1 Å². The molecule has 28 heavy (non-hydrogen) atoms. The summed E-state index contributed by atoms with van der Waals surface area (Å²) in [6, 6.07) is 13.1. The molecule has 1 aliphatic rings. The van der Waals surface area contributed by atoms with E-state index in [-0.39, 0.29) is 17.9 Å². The lowest BCUT2D eigenvalue weighted by atomic mass is 10.1. The van der Waals surface area contributed by atoms with Crippen molar-refractivity contribution in [3.8, 4) is 5.75 Å². The molecule has 0 aliphatic carbocycles. The van der Waals surface area contributed by atoms with Crippen LogP contribution < -0.4 is 20.3 Å². The minimum Gasteiger partial charge on any atom is -0.494 e. The summed E-state index contributed by atoms with van der Waals surface area (Å²) in [7, 11) is 0. The van der Waals surface area contributed by atoms with Crippen molar-refractivity contribution in [3.63, 3.8) is 0 Å². The second-order valence-corrected chi connectivity index (χ2v) is 7.14. The third-order valence-electron chi connectivity index (χ3n) is 4.98. The summed E-state index contributed by atoms with van der Waals surface area (Å²) in [5.74, 6) is 0.953. The number of benzene rings is 2. The van der Waals surface area contributed by atoms with Crippen molar-refractivity contribution in [1.82, 2.24) is 5.32 Å². The van der Waals surface area contributed by atoms with Crippen LogP contribution in [0.1, 0.15) is 24.5 Å². The van der Waals surface area contributed by atoms with Crippen molar-refractivity contribution >= 4 is 23.3 Å². The normalized spacial score (nSPS) is 16.2. The number of hydrogen-bond donors (Lipinski definition) is 2. The van der Waals surface area contributed by atoms with Crippen molar-refractivity contribution in [2.75, 3.05) is 29.9 Å². The van der Waals surface area contributed by atoms with Crippen molar-refractivity contribution in [3.05, 3.63) is 53.6 Å². The zero-order chi connectivity index (χ0) is 20.1. The van der Waals surface area contributed by atoms with Crippen LogP contribution in [0.15, 0.2) is 42.5 Å². The Hall–Kier alpha value is -3.02. The lowest BCUT2D eigenvalue weighted by molar-refractivity contribution is -0.117. The molecule has 6 nitrogen and oxygen atoms in total. The smallest absolute Gasteiger partial charge is 0.319 e. The molecule has 1 heterocycles. The maximum absolute atomic E-state index is 12.4. The molecule has 1 aliphatic heterocycles. The molecule has 2 N–H and O–H groups in total. The Bertz CT molecular complexity index is 849. The summed E-state index contributed by atoms with van der Waals surface area (Å²) in [4.78, 5) is 26.3. The van der Waals surface area contributed by atoms with Gasteiger partial charge in [-0.25, -0.2) is 4.79 Å². The van der Waals surface area contributed by atoms with Gasteiger partial charge >= 0.3 is 6.03 Å². The van der Waals surface area contributed by atoms with Gasteiger partial charge in [-0.05, 0) is 68.3 Å². The van der Waals surface area contributed by atoms with Gasteiger partial charge in [0.25, 0.3) is 0 Å². The van der Waals surface area contributed by atoms with E-state index in [1.807, 2.05) is 63.2 Å². The van der Waals surface area contributed by atoms with E-state index in [1.54, 1.807) is 4.90 Å². The molecule has 3 rings (SSSR count). The average molecular weight is 381 g/mol. The van der Waals surface area contributed by atoms with Crippen molar-refractivity contribution in [2.24, 2.45) is 5.92 Å². The Morgan fingerprint density at radius 3 is 2.57 bits per heavy atom. The third kappa shape index (κ3) is 4.82. The van der Waals surface area contributed by atoms with Crippen molar-refractivity contribution in [1.29, 1.82) is 0 Å². The first-order valence-electron chi connectivity index (χ1n) is 9.61. The van der Waals surface area contributed by atoms with E-state index in [1.165, 1.54) is 5.56 Å². The summed E-state index contributed by atoms with van der Waals surface area (Å²) in [6.45, 7) is 7.64. The van der Waals surface area contributed by atoms with Gasteiger partial charge in [0.2, 0.25) is 5.91 Å². The number of carbonyl (C=O) groups excluding carboxylic acids is 2. The van der Waals surface area contributed by atoms with E-state index in [9.17, 15) is 9.59 Å². The summed E-state index contributed by atoms with van der Waals surface area (Å²) in [6.07, 6.45) is 0.428. The Balaban J connectivity index is 1.51. The zero-order valence-electron chi connectivity index (χ0n) is 16.6. The lowest BCUT2D eigenvalue weighted by Crippen LogP contribution is -2.34. The standard InChI is InChI=1S/C22H27N3O3/c1-4-28-20-9-7-19(8-10-20)25-14-17(12-21(25)26)13-23-22(27)24-18-6-5-15(2)16(3)11-18/h5-11,17H,4,12-14H2,1-3H3,(H2,23,24,27). The number of anilines is 2. The average Bonchev–Trinajstić information content (AvgIpc) is 3.05. The van der Waals surface area contributed by atoms with Crippen LogP contribution in [-0.2, 0) is 4.79 Å². The first-order valence-corrected chi connectivity index (χ1v) is 9.61. The molecular formula is C22H27N3O3. The minimum atomic E-state index is -0.254. The van der Waals surface area contributed by atoms with Gasteiger partial charge in [0.05, 0.1) is 6.61 Å². The van der Waals surface area contributed by atoms with Crippen LogP contribution in [0.5, 0.6) is 5.75 Å². The molecule has 1 saturated heterocycles. The highest BCUT2D eigenvalue weighted by atomic mass is 16.5. The first-order chi connectivity index (χ1) is 13.5. The van der Waals surface area contributed by atoms with Crippen molar-refractivity contribution < 1.29 is 14.3 Å². The van der Waals surface area contributed by atoms with Gasteiger partial charge in [0.1, 0.15) is 5.75 Å². The molecule has 6 heteroatoms. The number of aryl methyl sites for hydroxylation is 2. The van der Waals surface area contributed by atoms with E-state index in [4.69, 9.17) is 4.74 Å². The number of nitrogens with zero attached hydrogens (tertiary/aromatic N) is 1. The number of carbonyl (C=O) groups is 2. The van der Waals surface area contributed by atoms with Crippen LogP contribution in [0.3, 0.4) is 0 Å². The van der Waals surface area contributed by atoms with Crippen molar-refractivity contribution in [2.45, 2.75) is 27.2 Å². The monoisotopic (exact) mass is 381 g/mol. The quantitative estimate of drug-likeness (QED) is 0.798. The molecule has 2 aromatic rings. The lowest BCUT2D eigenvalue weighted by Gasteiger charge is -2.17. The summed E-state index contributed by atoms with van der Waals surface area (Å²) < 4.78 is 5.44. The number of amides is 3. The molecule has 1 fully saturated rings. The van der Waals surface area contributed by atoms with Gasteiger partial charge in [0, 0.05) is 36.8 Å². The molecule has 0 saturated carbocycles. The Morgan fingerprint density at radius 2 is 1.89 bits per heavy atom. The molecule has 3 amide bonds. The van der Waals surface area contributed by atoms with Crippen LogP contribution in [0.2, 0.25) is 0 Å². The maximum Gasteiger partial charge on any atom is 0.319 e. The largest absolute Gasteiger partial charge is 0.494 e. The second-order valence-electron chi connectivity index (χ2n) is 7.14. The Labute approximate surface area is 165 Å². The highest BCUT2D eigenvalue weighted by molar-refractivity contribution is 5.96. The number of urea groups is 1. The van der Waals surface area contributed by atoms with Gasteiger partial charge in [-0.15, -0.1) is 0 Å². The highest BCUT2D eigenvalue weighted by Crippen LogP contribution is 2.26. The Kier molecular flexibility index (Phi) is 6.19. The van der Waals surface area contributed by atoms with Gasteiger partial charge in [0.15, 0.2) is 0 Å². The maximum atomic E-state index is 12.4. The summed E-state index contributed by atoms with van der Waals surface area (Å²) in [5, 5.41) is 5.72. The third-order valence-corrected chi connectivity index (χ3v) is 4.98. The van der Waals surface area contributed by atoms with Crippen LogP contribution in [0, 0.1) is 19.8 Å². The molecule has 0 radical (unpaired) electrons. The van der Waals surface area contributed by atoms with Crippen LogP contribution >= 0.6 is 0 Å². The first kappa shape index (κ1) is 19.7. The second kappa shape index (κ2) is 8.78. The Morgan fingerprint density at radius 1 is 1.14 bits per heavy atom. The van der Waals surface area contributed by atoms with E-state index in [2.05, 4.69) is 10.6 Å². The number of rotatable bonds is 6. The molecule has 148 valence electrons. The molecule has 1 unspecified atom stereocenters. The summed E-state index contributed by atoms with van der Waals surface area (Å²) in [5.41, 5.74) is 3.93. The topological polar surface area (TPSA) is 70.7 Å². The predicted molar refractivity (Wildman–Crippen MR) is 111 cm³/mol. The molecule has 1 atom stereocenters. The zero-order valence-corrected chi connectivity index (χ0v) is 16.6. The van der Waals surface area contributed by atoms with Crippen LogP contribution in [0.25, 0.3) is 0 Å². The number of ether oxygens (including phenoxy) is 1. The van der Waals surface area contributed by atoms with Gasteiger partial charge in [-0.2, -0.15) is 0 Å². The molecule has 0 spiro atoms. The number of hydrogen-bond acceptors (Lipinski definition) is 3. The van der Waals surface area contributed by atoms with E-state index < -0.39 is 0 Å². The van der Waals surface area contributed by atoms with Crippen LogP contribution in [-0.4, -0.2) is 31.6 Å². The highest BCUT2D eigenvalue weighted by Gasteiger charge is 2.30. The van der Waals surface area contributed by atoms with Gasteiger partial charge in [-0.1, -0.05) is 6.07 Å². The SMILES string of the molecule is CCOc1ccc(N2CC(CNC(=O)Nc3ccc(C)c(C)c3)CC2=O)cc1. The van der Waals surface area contributed by atoms with Gasteiger partial charge < -0.3 is 20.3 Å². The predicted octanol–water partition coefficient (Wildman–Crippen LogP) is 3.88. The fourth-order valence-corrected chi connectivity index (χ4v) is 3.29. The fourth-order valence-electron chi connectivity index (χ4n) is 3.29. The van der Waals surface area contributed by atoms with Crippen LogP contribution in [0.4, 0.5) is 16.2 Å². The fraction of sp³-hybridized carbons (Fsp3) is 0.364.